The van der Waals surface area contributed by atoms with E-state index in [-0.39, 0.29) is 0 Å². The van der Waals surface area contributed by atoms with Gasteiger partial charge in [-0.1, -0.05) is 34.2 Å². The van der Waals surface area contributed by atoms with Gasteiger partial charge in [-0.05, 0) is 36.5 Å². The van der Waals surface area contributed by atoms with Crippen molar-refractivity contribution in [3.05, 3.63) is 22.7 Å². The molecule has 1 aliphatic rings. The van der Waals surface area contributed by atoms with E-state index in [1.807, 2.05) is 6.07 Å². The third kappa shape index (κ3) is 3.09. The Morgan fingerprint density at radius 1 is 1.42 bits per heavy atom. The molecule has 0 radical (unpaired) electrons. The molecule has 1 N–H and O–H groups in total. The number of ether oxygens (including phenoxy) is 1. The Morgan fingerprint density at radius 3 is 3.00 bits per heavy atom. The van der Waals surface area contributed by atoms with Crippen LogP contribution in [0.2, 0.25) is 0 Å². The number of aromatic nitrogens is 1. The number of hydrogen-bond donors (Lipinski definition) is 1. The highest BCUT2D eigenvalue weighted by atomic mass is 79.9. The number of nitrogens with one attached hydrogen (secondary N) is 1. The van der Waals surface area contributed by atoms with E-state index >= 15 is 0 Å². The summed E-state index contributed by atoms with van der Waals surface area (Å²) in [4.78, 5) is 4.62. The summed E-state index contributed by atoms with van der Waals surface area (Å²) in [7, 11) is 0. The van der Waals surface area contributed by atoms with Crippen LogP contribution in [0, 0.1) is 5.41 Å². The molecular formula is C14H17BrN2OS. The second-order valence-corrected chi connectivity index (χ2v) is 7.35. The van der Waals surface area contributed by atoms with Gasteiger partial charge >= 0.3 is 0 Å². The standard InChI is InChI=1S/C14H17BrN2OS/c1-14(4-6-18-7-5-14)9-16-13-17-11-3-2-10(15)8-12(11)19-13/h2-3,8H,4-7,9H2,1H3,(H,16,17). The van der Waals surface area contributed by atoms with Gasteiger partial charge < -0.3 is 10.1 Å². The lowest BCUT2D eigenvalue weighted by Crippen LogP contribution is -2.33. The Hall–Kier alpha value is -0.650. The van der Waals surface area contributed by atoms with Crippen molar-refractivity contribution in [1.29, 1.82) is 0 Å². The van der Waals surface area contributed by atoms with Gasteiger partial charge in [-0.3, -0.25) is 0 Å². The first-order chi connectivity index (χ1) is 9.15. The summed E-state index contributed by atoms with van der Waals surface area (Å²) in [5.41, 5.74) is 1.39. The molecule has 0 unspecified atom stereocenters. The summed E-state index contributed by atoms with van der Waals surface area (Å²) in [5, 5.41) is 4.51. The topological polar surface area (TPSA) is 34.2 Å². The van der Waals surface area contributed by atoms with Crippen LogP contribution in [-0.2, 0) is 4.74 Å². The van der Waals surface area contributed by atoms with Crippen LogP contribution in [0.5, 0.6) is 0 Å². The molecule has 2 aromatic rings. The zero-order valence-electron chi connectivity index (χ0n) is 10.9. The lowest BCUT2D eigenvalue weighted by molar-refractivity contribution is 0.0300. The molecule has 3 nitrogen and oxygen atoms in total. The average Bonchev–Trinajstić information content (AvgIpc) is 2.79. The maximum Gasteiger partial charge on any atom is 0.183 e. The molecule has 0 spiro atoms. The molecule has 1 aromatic carbocycles. The predicted octanol–water partition coefficient (Wildman–Crippen LogP) is 4.29. The van der Waals surface area contributed by atoms with Crippen LogP contribution in [-0.4, -0.2) is 24.7 Å². The van der Waals surface area contributed by atoms with Crippen molar-refractivity contribution in [2.75, 3.05) is 25.1 Å². The second kappa shape index (κ2) is 5.38. The van der Waals surface area contributed by atoms with E-state index in [2.05, 4.69) is 45.3 Å². The van der Waals surface area contributed by atoms with E-state index in [0.717, 1.165) is 47.7 Å². The molecule has 19 heavy (non-hydrogen) atoms. The molecule has 0 atom stereocenters. The highest BCUT2D eigenvalue weighted by Gasteiger charge is 2.27. The van der Waals surface area contributed by atoms with E-state index in [9.17, 15) is 0 Å². The fraction of sp³-hybridized carbons (Fsp3) is 0.500. The lowest BCUT2D eigenvalue weighted by Gasteiger charge is -2.33. The maximum absolute atomic E-state index is 5.43. The van der Waals surface area contributed by atoms with Crippen LogP contribution in [0.25, 0.3) is 10.2 Å². The molecule has 3 rings (SSSR count). The minimum absolute atomic E-state index is 0.330. The zero-order chi connectivity index (χ0) is 13.3. The van der Waals surface area contributed by atoms with Crippen molar-refractivity contribution in [2.45, 2.75) is 19.8 Å². The van der Waals surface area contributed by atoms with Crippen LogP contribution >= 0.6 is 27.3 Å². The van der Waals surface area contributed by atoms with Gasteiger partial charge in [0.2, 0.25) is 0 Å². The smallest absolute Gasteiger partial charge is 0.183 e. The number of rotatable bonds is 3. The van der Waals surface area contributed by atoms with Gasteiger partial charge in [0.25, 0.3) is 0 Å². The molecule has 0 bridgehead atoms. The summed E-state index contributed by atoms with van der Waals surface area (Å²) in [6, 6.07) is 6.21. The van der Waals surface area contributed by atoms with Crippen molar-refractivity contribution in [3.63, 3.8) is 0 Å². The Bertz CT molecular complexity index is 578. The summed E-state index contributed by atoms with van der Waals surface area (Å²) in [6.07, 6.45) is 2.24. The van der Waals surface area contributed by atoms with Crippen LogP contribution in [0.15, 0.2) is 22.7 Å². The molecule has 1 aromatic heterocycles. The first-order valence-electron chi connectivity index (χ1n) is 6.52. The van der Waals surface area contributed by atoms with Gasteiger partial charge in [-0.25, -0.2) is 4.98 Å². The van der Waals surface area contributed by atoms with E-state index in [0.29, 0.717) is 5.41 Å². The summed E-state index contributed by atoms with van der Waals surface area (Å²) >= 11 is 5.21. The molecule has 0 aliphatic carbocycles. The minimum atomic E-state index is 0.330. The number of benzene rings is 1. The van der Waals surface area contributed by atoms with Gasteiger partial charge in [-0.15, -0.1) is 0 Å². The normalized spacial score (nSPS) is 18.6. The Balaban J connectivity index is 1.71. The maximum atomic E-state index is 5.43. The third-order valence-corrected chi connectivity index (χ3v) is 5.19. The van der Waals surface area contributed by atoms with Crippen molar-refractivity contribution in [1.82, 2.24) is 4.98 Å². The number of nitrogens with zero attached hydrogens (tertiary/aromatic N) is 1. The number of thiazole rings is 1. The highest BCUT2D eigenvalue weighted by molar-refractivity contribution is 9.10. The zero-order valence-corrected chi connectivity index (χ0v) is 13.3. The van der Waals surface area contributed by atoms with Crippen LogP contribution < -0.4 is 5.32 Å². The van der Waals surface area contributed by atoms with Crippen molar-refractivity contribution < 1.29 is 4.74 Å². The molecule has 0 amide bonds. The molecule has 0 saturated carbocycles. The lowest BCUT2D eigenvalue weighted by atomic mass is 9.82. The largest absolute Gasteiger partial charge is 0.381 e. The quantitative estimate of drug-likeness (QED) is 0.904. The van der Waals surface area contributed by atoms with Gasteiger partial charge in [0, 0.05) is 24.2 Å². The number of hydrogen-bond acceptors (Lipinski definition) is 4. The van der Waals surface area contributed by atoms with E-state index in [4.69, 9.17) is 4.74 Å². The van der Waals surface area contributed by atoms with Gasteiger partial charge in [0.05, 0.1) is 10.2 Å². The number of anilines is 1. The molecule has 2 heterocycles. The fourth-order valence-electron chi connectivity index (χ4n) is 2.30. The Morgan fingerprint density at radius 2 is 2.21 bits per heavy atom. The predicted molar refractivity (Wildman–Crippen MR) is 84.0 cm³/mol. The van der Waals surface area contributed by atoms with E-state index < -0.39 is 0 Å². The molecule has 1 fully saturated rings. The molecule has 1 saturated heterocycles. The summed E-state index contributed by atoms with van der Waals surface area (Å²) < 4.78 is 7.75. The SMILES string of the molecule is CC1(CNc2nc3ccc(Br)cc3s2)CCOCC1. The van der Waals surface area contributed by atoms with Crippen LogP contribution in [0.1, 0.15) is 19.8 Å². The second-order valence-electron chi connectivity index (χ2n) is 5.41. The Labute approximate surface area is 125 Å². The minimum Gasteiger partial charge on any atom is -0.381 e. The molecular weight excluding hydrogens is 324 g/mol. The van der Waals surface area contributed by atoms with Crippen molar-refractivity contribution in [3.8, 4) is 0 Å². The summed E-state index contributed by atoms with van der Waals surface area (Å²) in [6.45, 7) is 5.06. The summed E-state index contributed by atoms with van der Waals surface area (Å²) in [5.74, 6) is 0. The monoisotopic (exact) mass is 340 g/mol. The highest BCUT2D eigenvalue weighted by Crippen LogP contribution is 2.32. The first kappa shape index (κ1) is 13.3. The van der Waals surface area contributed by atoms with Gasteiger partial charge in [0.1, 0.15) is 0 Å². The van der Waals surface area contributed by atoms with Crippen molar-refractivity contribution in [2.24, 2.45) is 5.41 Å². The fourth-order valence-corrected chi connectivity index (χ4v) is 3.72. The van der Waals surface area contributed by atoms with Gasteiger partial charge in [0.15, 0.2) is 5.13 Å². The van der Waals surface area contributed by atoms with E-state index in [1.54, 1.807) is 11.3 Å². The number of halogens is 1. The van der Waals surface area contributed by atoms with Crippen LogP contribution in [0.3, 0.4) is 0 Å². The molecule has 1 aliphatic heterocycles. The van der Waals surface area contributed by atoms with E-state index in [1.165, 1.54) is 4.70 Å². The van der Waals surface area contributed by atoms with Crippen LogP contribution in [0.4, 0.5) is 5.13 Å². The van der Waals surface area contributed by atoms with Crippen molar-refractivity contribution >= 4 is 42.6 Å². The molecule has 102 valence electrons. The third-order valence-electron chi connectivity index (χ3n) is 3.72. The molecule has 5 heteroatoms. The van der Waals surface area contributed by atoms with Gasteiger partial charge in [-0.2, -0.15) is 0 Å². The Kier molecular flexibility index (Phi) is 3.78. The number of fused-ring (bicyclic) bond motifs is 1. The first-order valence-corrected chi connectivity index (χ1v) is 8.13. The average molecular weight is 341 g/mol.